The Kier molecular flexibility index (Phi) is 3.83. The molecule has 1 heterocycles. The standard InChI is InChI=1S/C18H22N2/c1-13-6-8-15(9-7-13)16-11-17(12-16)20-14(2)18-5-3-4-10-19-18/h3-10,14,16-17,20H,11-12H2,1-2H3/t14-,16?,17?/m1/s1. The van der Waals surface area contributed by atoms with Crippen molar-refractivity contribution in [3.05, 3.63) is 65.5 Å². The number of hydrogen-bond donors (Lipinski definition) is 1. The second-order valence-electron chi connectivity index (χ2n) is 5.92. The summed E-state index contributed by atoms with van der Waals surface area (Å²) in [5.74, 6) is 0.726. The molecule has 1 aromatic heterocycles. The zero-order valence-electron chi connectivity index (χ0n) is 12.2. The first-order chi connectivity index (χ1) is 9.72. The zero-order chi connectivity index (χ0) is 13.9. The van der Waals surface area contributed by atoms with E-state index < -0.39 is 0 Å². The molecule has 1 aliphatic rings. The van der Waals surface area contributed by atoms with Crippen molar-refractivity contribution in [3.63, 3.8) is 0 Å². The van der Waals surface area contributed by atoms with Gasteiger partial charge in [-0.3, -0.25) is 4.98 Å². The van der Waals surface area contributed by atoms with Crippen molar-refractivity contribution in [2.24, 2.45) is 0 Å². The molecule has 3 rings (SSSR count). The zero-order valence-corrected chi connectivity index (χ0v) is 12.2. The van der Waals surface area contributed by atoms with Crippen LogP contribution < -0.4 is 5.32 Å². The van der Waals surface area contributed by atoms with Gasteiger partial charge in [0.25, 0.3) is 0 Å². The van der Waals surface area contributed by atoms with Crippen molar-refractivity contribution >= 4 is 0 Å². The van der Waals surface area contributed by atoms with Crippen molar-refractivity contribution in [2.45, 2.75) is 44.7 Å². The fourth-order valence-electron chi connectivity index (χ4n) is 2.94. The van der Waals surface area contributed by atoms with Crippen molar-refractivity contribution in [1.29, 1.82) is 0 Å². The Labute approximate surface area is 121 Å². The van der Waals surface area contributed by atoms with E-state index in [0.29, 0.717) is 12.1 Å². The molecular formula is C18H22N2. The van der Waals surface area contributed by atoms with Crippen LogP contribution in [0.3, 0.4) is 0 Å². The fraction of sp³-hybridized carbons (Fsp3) is 0.389. The van der Waals surface area contributed by atoms with Gasteiger partial charge < -0.3 is 5.32 Å². The first kappa shape index (κ1) is 13.3. The smallest absolute Gasteiger partial charge is 0.0570 e. The highest BCUT2D eigenvalue weighted by Crippen LogP contribution is 2.37. The number of rotatable bonds is 4. The topological polar surface area (TPSA) is 24.9 Å². The fourth-order valence-corrected chi connectivity index (χ4v) is 2.94. The summed E-state index contributed by atoms with van der Waals surface area (Å²) in [7, 11) is 0. The summed E-state index contributed by atoms with van der Waals surface area (Å²) in [6.07, 6.45) is 4.34. The van der Waals surface area contributed by atoms with Gasteiger partial charge in [0.2, 0.25) is 0 Å². The van der Waals surface area contributed by atoms with Crippen molar-refractivity contribution in [3.8, 4) is 0 Å². The lowest BCUT2D eigenvalue weighted by atomic mass is 9.75. The minimum Gasteiger partial charge on any atom is -0.306 e. The molecule has 1 saturated carbocycles. The molecule has 2 heteroatoms. The summed E-state index contributed by atoms with van der Waals surface area (Å²) >= 11 is 0. The van der Waals surface area contributed by atoms with Gasteiger partial charge in [0.05, 0.1) is 5.69 Å². The molecule has 1 aliphatic carbocycles. The number of benzene rings is 1. The van der Waals surface area contributed by atoms with Gasteiger partial charge >= 0.3 is 0 Å². The average Bonchev–Trinajstić information content (AvgIpc) is 2.44. The Morgan fingerprint density at radius 1 is 1.10 bits per heavy atom. The Morgan fingerprint density at radius 3 is 2.50 bits per heavy atom. The van der Waals surface area contributed by atoms with Gasteiger partial charge in [0.1, 0.15) is 0 Å². The molecule has 0 bridgehead atoms. The summed E-state index contributed by atoms with van der Waals surface area (Å²) in [5.41, 5.74) is 3.96. The van der Waals surface area contributed by atoms with Gasteiger partial charge in [-0.15, -0.1) is 0 Å². The normalized spacial score (nSPS) is 23.1. The minimum atomic E-state index is 0.333. The van der Waals surface area contributed by atoms with E-state index in [9.17, 15) is 0 Å². The predicted molar refractivity (Wildman–Crippen MR) is 82.7 cm³/mol. The molecule has 1 N–H and O–H groups in total. The van der Waals surface area contributed by atoms with Crippen LogP contribution in [0.5, 0.6) is 0 Å². The molecular weight excluding hydrogens is 244 g/mol. The number of nitrogens with one attached hydrogen (secondary N) is 1. The summed E-state index contributed by atoms with van der Waals surface area (Å²) in [4.78, 5) is 4.41. The van der Waals surface area contributed by atoms with Crippen LogP contribution in [0.1, 0.15) is 48.5 Å². The molecule has 0 spiro atoms. The van der Waals surface area contributed by atoms with Gasteiger partial charge in [-0.1, -0.05) is 35.9 Å². The third-order valence-corrected chi connectivity index (χ3v) is 4.30. The van der Waals surface area contributed by atoms with Gasteiger partial charge in [0.15, 0.2) is 0 Å². The second kappa shape index (κ2) is 5.76. The summed E-state index contributed by atoms with van der Waals surface area (Å²) in [6, 6.07) is 16.0. The molecule has 0 saturated heterocycles. The largest absolute Gasteiger partial charge is 0.306 e. The van der Waals surface area contributed by atoms with E-state index in [1.807, 2.05) is 12.3 Å². The SMILES string of the molecule is Cc1ccc(C2CC(N[C@H](C)c3ccccn3)C2)cc1. The maximum Gasteiger partial charge on any atom is 0.0570 e. The van der Waals surface area contributed by atoms with E-state index in [2.05, 4.69) is 60.5 Å². The second-order valence-corrected chi connectivity index (χ2v) is 5.92. The van der Waals surface area contributed by atoms with Gasteiger partial charge in [-0.05, 0) is 50.3 Å². The third kappa shape index (κ3) is 2.91. The first-order valence-electron chi connectivity index (χ1n) is 7.46. The average molecular weight is 266 g/mol. The first-order valence-corrected chi connectivity index (χ1v) is 7.46. The van der Waals surface area contributed by atoms with Crippen molar-refractivity contribution in [1.82, 2.24) is 10.3 Å². The Hall–Kier alpha value is -1.67. The van der Waals surface area contributed by atoms with Gasteiger partial charge in [-0.25, -0.2) is 0 Å². The van der Waals surface area contributed by atoms with E-state index in [1.165, 1.54) is 24.0 Å². The molecule has 0 unspecified atom stereocenters. The summed E-state index contributed by atoms with van der Waals surface area (Å²) < 4.78 is 0. The Balaban J connectivity index is 1.52. The number of aryl methyl sites for hydroxylation is 1. The molecule has 1 aromatic carbocycles. The van der Waals surface area contributed by atoms with Crippen LogP contribution in [0.4, 0.5) is 0 Å². The van der Waals surface area contributed by atoms with E-state index in [-0.39, 0.29) is 0 Å². The molecule has 20 heavy (non-hydrogen) atoms. The highest BCUT2D eigenvalue weighted by Gasteiger charge is 2.31. The number of nitrogens with zero attached hydrogens (tertiary/aromatic N) is 1. The minimum absolute atomic E-state index is 0.333. The lowest BCUT2D eigenvalue weighted by molar-refractivity contribution is 0.269. The molecule has 0 amide bonds. The van der Waals surface area contributed by atoms with Crippen LogP contribution in [-0.4, -0.2) is 11.0 Å². The Morgan fingerprint density at radius 2 is 1.85 bits per heavy atom. The molecule has 2 aromatic rings. The summed E-state index contributed by atoms with van der Waals surface area (Å²) in [6.45, 7) is 4.34. The highest BCUT2D eigenvalue weighted by atomic mass is 15.0. The van der Waals surface area contributed by atoms with E-state index in [0.717, 1.165) is 11.6 Å². The van der Waals surface area contributed by atoms with E-state index in [4.69, 9.17) is 0 Å². The van der Waals surface area contributed by atoms with Gasteiger partial charge in [0, 0.05) is 18.3 Å². The van der Waals surface area contributed by atoms with Crippen LogP contribution in [0, 0.1) is 6.92 Å². The van der Waals surface area contributed by atoms with Crippen LogP contribution in [0.2, 0.25) is 0 Å². The lowest BCUT2D eigenvalue weighted by Gasteiger charge is -2.38. The van der Waals surface area contributed by atoms with Crippen molar-refractivity contribution in [2.75, 3.05) is 0 Å². The Bertz CT molecular complexity index is 541. The molecule has 0 aliphatic heterocycles. The number of aromatic nitrogens is 1. The molecule has 1 fully saturated rings. The van der Waals surface area contributed by atoms with Crippen LogP contribution in [0.15, 0.2) is 48.7 Å². The summed E-state index contributed by atoms with van der Waals surface area (Å²) in [5, 5.41) is 3.68. The molecule has 1 atom stereocenters. The third-order valence-electron chi connectivity index (χ3n) is 4.30. The maximum absolute atomic E-state index is 4.41. The van der Waals surface area contributed by atoms with Crippen LogP contribution in [-0.2, 0) is 0 Å². The quantitative estimate of drug-likeness (QED) is 0.905. The highest BCUT2D eigenvalue weighted by molar-refractivity contribution is 5.27. The molecule has 104 valence electrons. The predicted octanol–water partition coefficient (Wildman–Crippen LogP) is 3.99. The molecule has 0 radical (unpaired) electrons. The molecule has 2 nitrogen and oxygen atoms in total. The van der Waals surface area contributed by atoms with E-state index >= 15 is 0 Å². The maximum atomic E-state index is 4.41. The van der Waals surface area contributed by atoms with Crippen molar-refractivity contribution < 1.29 is 0 Å². The number of pyridine rings is 1. The lowest BCUT2D eigenvalue weighted by Crippen LogP contribution is -2.41. The van der Waals surface area contributed by atoms with Crippen LogP contribution in [0.25, 0.3) is 0 Å². The monoisotopic (exact) mass is 266 g/mol. The van der Waals surface area contributed by atoms with E-state index in [1.54, 1.807) is 0 Å². The van der Waals surface area contributed by atoms with Crippen LogP contribution >= 0.6 is 0 Å². The number of hydrogen-bond acceptors (Lipinski definition) is 2. The van der Waals surface area contributed by atoms with Gasteiger partial charge in [-0.2, -0.15) is 0 Å².